The highest BCUT2D eigenvalue weighted by atomic mass is 16.6. The predicted molar refractivity (Wildman–Crippen MR) is 65.9 cm³/mol. The van der Waals surface area contributed by atoms with Crippen molar-refractivity contribution in [1.82, 2.24) is 0 Å². The van der Waals surface area contributed by atoms with E-state index in [4.69, 9.17) is 9.47 Å². The van der Waals surface area contributed by atoms with Crippen molar-refractivity contribution in [2.75, 3.05) is 0 Å². The van der Waals surface area contributed by atoms with Crippen LogP contribution in [0, 0.1) is 23.2 Å². The predicted octanol–water partition coefficient (Wildman–Crippen LogP) is 1.84. The minimum absolute atomic E-state index is 0.101. The Bertz CT molecular complexity index is 524. The number of esters is 2. The molecule has 4 fully saturated rings. The number of carbonyl (C=O) groups excluding carboxylic acids is 2. The number of fused-ring (bicyclic) bond motifs is 3. The number of ether oxygens (including phenoxy) is 2. The number of hydrogen-bond donors (Lipinski definition) is 0. The number of rotatable bonds is 0. The van der Waals surface area contributed by atoms with E-state index in [-0.39, 0.29) is 35.3 Å². The van der Waals surface area contributed by atoms with Crippen LogP contribution in [0.1, 0.15) is 33.1 Å². The van der Waals surface area contributed by atoms with Crippen molar-refractivity contribution in [3.63, 3.8) is 0 Å². The quantitative estimate of drug-likeness (QED) is 0.494. The molecule has 0 bridgehead atoms. The lowest BCUT2D eigenvalue weighted by Crippen LogP contribution is -2.37. The molecule has 0 N–H and O–H groups in total. The summed E-state index contributed by atoms with van der Waals surface area (Å²) in [4.78, 5) is 23.4. The summed E-state index contributed by atoms with van der Waals surface area (Å²) in [5.41, 5.74) is -0.00266. The van der Waals surface area contributed by atoms with Gasteiger partial charge < -0.3 is 9.47 Å². The highest BCUT2D eigenvalue weighted by molar-refractivity contribution is 5.91. The zero-order valence-corrected chi connectivity index (χ0v) is 11.3. The highest BCUT2D eigenvalue weighted by Crippen LogP contribution is 2.77. The Hall–Kier alpha value is -1.32. The fraction of sp³-hybridized carbons (Fsp3) is 0.733. The van der Waals surface area contributed by atoms with Gasteiger partial charge in [0.25, 0.3) is 0 Å². The van der Waals surface area contributed by atoms with E-state index in [1.54, 1.807) is 0 Å². The first-order valence-electron chi connectivity index (χ1n) is 7.04. The summed E-state index contributed by atoms with van der Waals surface area (Å²) < 4.78 is 11.3. The molecule has 0 aromatic carbocycles. The van der Waals surface area contributed by atoms with Crippen LogP contribution >= 0.6 is 0 Å². The second-order valence-corrected chi connectivity index (χ2v) is 6.74. The van der Waals surface area contributed by atoms with E-state index in [9.17, 15) is 9.59 Å². The van der Waals surface area contributed by atoms with E-state index in [1.807, 2.05) is 0 Å². The summed E-state index contributed by atoms with van der Waals surface area (Å²) in [5.74, 6) is 0.261. The van der Waals surface area contributed by atoms with Crippen LogP contribution in [-0.2, 0) is 19.1 Å². The third kappa shape index (κ3) is 1.01. The molecule has 0 amide bonds. The van der Waals surface area contributed by atoms with Crippen molar-refractivity contribution >= 4 is 11.9 Å². The zero-order chi connectivity index (χ0) is 13.6. The van der Waals surface area contributed by atoms with E-state index in [0.29, 0.717) is 17.9 Å². The molecular weight excluding hydrogens is 244 g/mol. The molecule has 0 aromatic heterocycles. The average Bonchev–Trinajstić information content (AvgIpc) is 2.65. The van der Waals surface area contributed by atoms with Crippen LogP contribution in [0.3, 0.4) is 0 Å². The third-order valence-electron chi connectivity index (χ3n) is 6.20. The van der Waals surface area contributed by atoms with Gasteiger partial charge in [0.15, 0.2) is 0 Å². The molecule has 2 heterocycles. The van der Waals surface area contributed by atoms with Gasteiger partial charge in [0, 0.05) is 17.4 Å². The van der Waals surface area contributed by atoms with Crippen LogP contribution in [0.2, 0.25) is 0 Å². The molecule has 2 saturated carbocycles. The summed E-state index contributed by atoms with van der Waals surface area (Å²) in [6.45, 7) is 8.17. The van der Waals surface area contributed by atoms with Crippen molar-refractivity contribution in [3.05, 3.63) is 12.2 Å². The first-order valence-corrected chi connectivity index (χ1v) is 7.04. The van der Waals surface area contributed by atoms with Crippen LogP contribution in [0.4, 0.5) is 0 Å². The van der Waals surface area contributed by atoms with Gasteiger partial charge in [0.05, 0.1) is 11.8 Å². The van der Waals surface area contributed by atoms with Crippen LogP contribution in [0.5, 0.6) is 0 Å². The topological polar surface area (TPSA) is 52.6 Å². The first-order chi connectivity index (χ1) is 8.93. The Morgan fingerprint density at radius 3 is 2.79 bits per heavy atom. The molecule has 5 unspecified atom stereocenters. The molecule has 4 nitrogen and oxygen atoms in total. The minimum atomic E-state index is -0.394. The van der Waals surface area contributed by atoms with Gasteiger partial charge in [-0.1, -0.05) is 20.4 Å². The summed E-state index contributed by atoms with van der Waals surface area (Å²) in [7, 11) is 0. The number of hydrogen-bond acceptors (Lipinski definition) is 4. The molecule has 19 heavy (non-hydrogen) atoms. The molecule has 2 saturated heterocycles. The molecule has 1 spiro atoms. The SMILES string of the molecule is C=C1C(=O)OC2C1CCC(C)C13OC(=O)CC1[C@@]23C. The fourth-order valence-corrected chi connectivity index (χ4v) is 5.18. The molecular formula is C15H18O4. The first kappa shape index (κ1) is 11.5. The van der Waals surface area contributed by atoms with Gasteiger partial charge >= 0.3 is 11.9 Å². The van der Waals surface area contributed by atoms with Gasteiger partial charge in [-0.2, -0.15) is 0 Å². The lowest BCUT2D eigenvalue weighted by Gasteiger charge is -2.29. The van der Waals surface area contributed by atoms with Crippen LogP contribution in [-0.4, -0.2) is 23.6 Å². The Morgan fingerprint density at radius 1 is 1.32 bits per heavy atom. The molecule has 4 aliphatic rings. The molecule has 0 radical (unpaired) electrons. The molecule has 0 aromatic rings. The van der Waals surface area contributed by atoms with E-state index >= 15 is 0 Å². The van der Waals surface area contributed by atoms with Crippen LogP contribution in [0.25, 0.3) is 0 Å². The second kappa shape index (κ2) is 3.05. The van der Waals surface area contributed by atoms with Crippen molar-refractivity contribution in [2.45, 2.75) is 44.8 Å². The van der Waals surface area contributed by atoms with E-state index in [1.165, 1.54) is 0 Å². The smallest absolute Gasteiger partial charge is 0.334 e. The monoisotopic (exact) mass is 262 g/mol. The second-order valence-electron chi connectivity index (χ2n) is 6.74. The van der Waals surface area contributed by atoms with Gasteiger partial charge in [0.2, 0.25) is 0 Å². The molecule has 102 valence electrons. The average molecular weight is 262 g/mol. The van der Waals surface area contributed by atoms with Crippen LogP contribution < -0.4 is 0 Å². The van der Waals surface area contributed by atoms with E-state index < -0.39 is 5.60 Å². The fourth-order valence-electron chi connectivity index (χ4n) is 5.18. The third-order valence-corrected chi connectivity index (χ3v) is 6.20. The molecule has 6 atom stereocenters. The number of carbonyl (C=O) groups is 2. The van der Waals surface area contributed by atoms with Crippen molar-refractivity contribution in [1.29, 1.82) is 0 Å². The molecule has 4 heteroatoms. The largest absolute Gasteiger partial charge is 0.458 e. The molecule has 2 aliphatic carbocycles. The normalized spacial score (nSPS) is 54.7. The molecule has 4 rings (SSSR count). The van der Waals surface area contributed by atoms with Gasteiger partial charge in [-0.3, -0.25) is 4.79 Å². The van der Waals surface area contributed by atoms with Crippen molar-refractivity contribution in [3.8, 4) is 0 Å². The van der Waals surface area contributed by atoms with Crippen molar-refractivity contribution < 1.29 is 19.1 Å². The van der Waals surface area contributed by atoms with E-state index in [0.717, 1.165) is 12.8 Å². The lowest BCUT2D eigenvalue weighted by atomic mass is 9.83. The maximum atomic E-state index is 11.8. The Morgan fingerprint density at radius 2 is 2.05 bits per heavy atom. The van der Waals surface area contributed by atoms with E-state index in [2.05, 4.69) is 20.4 Å². The Kier molecular flexibility index (Phi) is 1.85. The van der Waals surface area contributed by atoms with Crippen LogP contribution in [0.15, 0.2) is 12.2 Å². The van der Waals surface area contributed by atoms with Gasteiger partial charge in [0.1, 0.15) is 11.7 Å². The Balaban J connectivity index is 1.80. The highest BCUT2D eigenvalue weighted by Gasteiger charge is 2.87. The maximum absolute atomic E-state index is 11.8. The van der Waals surface area contributed by atoms with Gasteiger partial charge in [-0.15, -0.1) is 0 Å². The maximum Gasteiger partial charge on any atom is 0.334 e. The summed E-state index contributed by atoms with van der Waals surface area (Å²) >= 11 is 0. The summed E-state index contributed by atoms with van der Waals surface area (Å²) in [6, 6.07) is 0. The van der Waals surface area contributed by atoms with Gasteiger partial charge in [-0.25, -0.2) is 4.79 Å². The standard InChI is InChI=1S/C15H18O4/c1-7-4-5-9-8(2)13(17)18-12(9)14(3)10-6-11(16)19-15(7,10)14/h7,9-10,12H,2,4-6H2,1,3H3/t7?,9?,10?,12?,14-,15?/m0/s1. The summed E-state index contributed by atoms with van der Waals surface area (Å²) in [5, 5.41) is 0. The Labute approximate surface area is 112 Å². The molecule has 2 aliphatic heterocycles. The lowest BCUT2D eigenvalue weighted by molar-refractivity contribution is -0.157. The van der Waals surface area contributed by atoms with Gasteiger partial charge in [-0.05, 0) is 18.8 Å². The minimum Gasteiger partial charge on any atom is -0.458 e. The van der Waals surface area contributed by atoms with Crippen molar-refractivity contribution in [2.24, 2.45) is 23.2 Å². The zero-order valence-electron chi connectivity index (χ0n) is 11.3. The summed E-state index contributed by atoms with van der Waals surface area (Å²) in [6.07, 6.45) is 2.16.